The minimum atomic E-state index is 0.226. The molecule has 0 radical (unpaired) electrons. The van der Waals surface area contributed by atoms with E-state index in [0.29, 0.717) is 6.61 Å². The van der Waals surface area contributed by atoms with Crippen molar-refractivity contribution >= 4 is 15.9 Å². The summed E-state index contributed by atoms with van der Waals surface area (Å²) in [6.45, 7) is 7.02. The summed E-state index contributed by atoms with van der Waals surface area (Å²) in [6, 6.07) is 14.7. The van der Waals surface area contributed by atoms with E-state index >= 15 is 0 Å². The summed E-state index contributed by atoms with van der Waals surface area (Å²) in [5.41, 5.74) is 5.24. The van der Waals surface area contributed by atoms with Gasteiger partial charge in [0.25, 0.3) is 0 Å². The number of hydrogen-bond donors (Lipinski definition) is 0. The number of alkyl halides is 1. The fraction of sp³-hybridized carbons (Fsp3) is 0.294. The molecule has 19 heavy (non-hydrogen) atoms. The topological polar surface area (TPSA) is 9.23 Å². The quantitative estimate of drug-likeness (QED) is 0.705. The molecule has 0 saturated heterocycles. The van der Waals surface area contributed by atoms with Gasteiger partial charge in [0.1, 0.15) is 5.75 Å². The number of rotatable bonds is 4. The van der Waals surface area contributed by atoms with Crippen molar-refractivity contribution in [2.45, 2.75) is 25.6 Å². The highest BCUT2D eigenvalue weighted by atomic mass is 79.9. The average Bonchev–Trinajstić information content (AvgIpc) is 2.39. The molecule has 0 saturated carbocycles. The highest BCUT2D eigenvalue weighted by Gasteiger charge is 2.14. The maximum atomic E-state index is 5.48. The zero-order valence-corrected chi connectivity index (χ0v) is 13.2. The normalized spacial score (nSPS) is 12.2. The van der Waals surface area contributed by atoms with Gasteiger partial charge in [0.2, 0.25) is 0 Å². The van der Waals surface area contributed by atoms with Crippen molar-refractivity contribution in [3.8, 4) is 5.75 Å². The lowest BCUT2D eigenvalue weighted by atomic mass is 9.96. The van der Waals surface area contributed by atoms with Crippen LogP contribution < -0.4 is 4.74 Å². The first-order chi connectivity index (χ1) is 9.13. The molecule has 0 amide bonds. The standard InChI is InChI=1S/C17H19BrO/c1-4-19-15-10-8-14(9-11-15)17(18)16-12(2)6-5-7-13(16)3/h5-11,17H,4H2,1-3H3. The van der Waals surface area contributed by atoms with Gasteiger partial charge >= 0.3 is 0 Å². The minimum absolute atomic E-state index is 0.226. The van der Waals surface area contributed by atoms with E-state index in [0.717, 1.165) is 5.75 Å². The Kier molecular flexibility index (Phi) is 4.65. The van der Waals surface area contributed by atoms with Crippen LogP contribution in [0.3, 0.4) is 0 Å². The zero-order chi connectivity index (χ0) is 13.8. The van der Waals surface area contributed by atoms with E-state index in [1.807, 2.05) is 19.1 Å². The van der Waals surface area contributed by atoms with E-state index in [9.17, 15) is 0 Å². The first-order valence-electron chi connectivity index (χ1n) is 6.56. The second-order valence-electron chi connectivity index (χ2n) is 4.67. The Balaban J connectivity index is 2.31. The summed E-state index contributed by atoms with van der Waals surface area (Å²) in [4.78, 5) is 0.226. The van der Waals surface area contributed by atoms with Gasteiger partial charge in [-0.3, -0.25) is 0 Å². The van der Waals surface area contributed by atoms with Gasteiger partial charge in [-0.05, 0) is 55.2 Å². The van der Waals surface area contributed by atoms with Crippen molar-refractivity contribution in [1.29, 1.82) is 0 Å². The molecular formula is C17H19BrO. The highest BCUT2D eigenvalue weighted by molar-refractivity contribution is 9.09. The lowest BCUT2D eigenvalue weighted by Gasteiger charge is -2.17. The third-order valence-electron chi connectivity index (χ3n) is 3.28. The van der Waals surface area contributed by atoms with Crippen LogP contribution in [0.5, 0.6) is 5.75 Å². The van der Waals surface area contributed by atoms with Crippen LogP contribution in [-0.4, -0.2) is 6.61 Å². The summed E-state index contributed by atoms with van der Waals surface area (Å²) in [5, 5.41) is 0. The SMILES string of the molecule is CCOc1ccc(C(Br)c2c(C)cccc2C)cc1. The Labute approximate surface area is 123 Å². The van der Waals surface area contributed by atoms with Crippen LogP contribution in [-0.2, 0) is 0 Å². The number of hydrogen-bond acceptors (Lipinski definition) is 1. The maximum absolute atomic E-state index is 5.48. The van der Waals surface area contributed by atoms with Crippen molar-refractivity contribution in [3.05, 3.63) is 64.7 Å². The molecule has 2 aromatic carbocycles. The van der Waals surface area contributed by atoms with Gasteiger partial charge in [0.05, 0.1) is 11.4 Å². The maximum Gasteiger partial charge on any atom is 0.119 e. The van der Waals surface area contributed by atoms with Crippen molar-refractivity contribution < 1.29 is 4.74 Å². The van der Waals surface area contributed by atoms with Gasteiger partial charge in [0.15, 0.2) is 0 Å². The second kappa shape index (κ2) is 6.25. The largest absolute Gasteiger partial charge is 0.494 e. The molecule has 100 valence electrons. The molecule has 1 nitrogen and oxygen atoms in total. The summed E-state index contributed by atoms with van der Waals surface area (Å²) in [7, 11) is 0. The average molecular weight is 319 g/mol. The second-order valence-corrected chi connectivity index (χ2v) is 5.59. The molecule has 0 aromatic heterocycles. The smallest absolute Gasteiger partial charge is 0.119 e. The molecule has 0 aliphatic carbocycles. The van der Waals surface area contributed by atoms with Gasteiger partial charge in [0, 0.05) is 0 Å². The van der Waals surface area contributed by atoms with Crippen LogP contribution in [0.1, 0.15) is 34.0 Å². The van der Waals surface area contributed by atoms with Crippen LogP contribution in [0.25, 0.3) is 0 Å². The number of halogens is 1. The summed E-state index contributed by atoms with van der Waals surface area (Å²) < 4.78 is 5.48. The summed E-state index contributed by atoms with van der Waals surface area (Å²) in [5.74, 6) is 0.924. The Morgan fingerprint density at radius 2 is 1.58 bits per heavy atom. The van der Waals surface area contributed by atoms with Crippen LogP contribution in [0.2, 0.25) is 0 Å². The van der Waals surface area contributed by atoms with E-state index in [1.54, 1.807) is 0 Å². The number of benzene rings is 2. The first-order valence-corrected chi connectivity index (χ1v) is 7.48. The third kappa shape index (κ3) is 3.19. The van der Waals surface area contributed by atoms with Crippen molar-refractivity contribution in [3.63, 3.8) is 0 Å². The third-order valence-corrected chi connectivity index (χ3v) is 4.27. The van der Waals surface area contributed by atoms with E-state index in [-0.39, 0.29) is 4.83 Å². The first kappa shape index (κ1) is 14.1. The fourth-order valence-corrected chi connectivity index (χ4v) is 3.32. The van der Waals surface area contributed by atoms with E-state index in [4.69, 9.17) is 4.74 Å². The molecular weight excluding hydrogens is 300 g/mol. The van der Waals surface area contributed by atoms with Crippen molar-refractivity contribution in [1.82, 2.24) is 0 Å². The van der Waals surface area contributed by atoms with Crippen LogP contribution in [0, 0.1) is 13.8 Å². The molecule has 0 fully saturated rings. The van der Waals surface area contributed by atoms with Gasteiger partial charge < -0.3 is 4.74 Å². The molecule has 0 aliphatic heterocycles. The molecule has 0 spiro atoms. The van der Waals surface area contributed by atoms with Gasteiger partial charge in [-0.15, -0.1) is 0 Å². The van der Waals surface area contributed by atoms with Gasteiger partial charge in [-0.2, -0.15) is 0 Å². The van der Waals surface area contributed by atoms with Crippen molar-refractivity contribution in [2.75, 3.05) is 6.61 Å². The lowest BCUT2D eigenvalue weighted by molar-refractivity contribution is 0.340. The zero-order valence-electron chi connectivity index (χ0n) is 11.6. The molecule has 1 atom stereocenters. The number of ether oxygens (including phenoxy) is 1. The number of aryl methyl sites for hydroxylation is 2. The molecule has 0 heterocycles. The highest BCUT2D eigenvalue weighted by Crippen LogP contribution is 2.35. The predicted octanol–water partition coefficient (Wildman–Crippen LogP) is 5.19. The van der Waals surface area contributed by atoms with E-state index in [2.05, 4.69) is 60.1 Å². The molecule has 0 bridgehead atoms. The predicted molar refractivity (Wildman–Crippen MR) is 84.3 cm³/mol. The van der Waals surface area contributed by atoms with Gasteiger partial charge in [-0.1, -0.05) is 46.3 Å². The Morgan fingerprint density at radius 1 is 1.00 bits per heavy atom. The Bertz CT molecular complexity index is 525. The van der Waals surface area contributed by atoms with Crippen molar-refractivity contribution in [2.24, 2.45) is 0 Å². The van der Waals surface area contributed by atoms with Gasteiger partial charge in [-0.25, -0.2) is 0 Å². The summed E-state index contributed by atoms with van der Waals surface area (Å²) >= 11 is 3.82. The molecule has 0 aliphatic rings. The Hall–Kier alpha value is -1.28. The minimum Gasteiger partial charge on any atom is -0.494 e. The lowest BCUT2D eigenvalue weighted by Crippen LogP contribution is -1.99. The molecule has 2 aromatic rings. The van der Waals surface area contributed by atoms with Crippen LogP contribution >= 0.6 is 15.9 Å². The van der Waals surface area contributed by atoms with E-state index < -0.39 is 0 Å². The summed E-state index contributed by atoms with van der Waals surface area (Å²) in [6.07, 6.45) is 0. The van der Waals surface area contributed by atoms with Crippen LogP contribution in [0.15, 0.2) is 42.5 Å². The fourth-order valence-electron chi connectivity index (χ4n) is 2.29. The molecule has 2 heteroatoms. The molecule has 1 unspecified atom stereocenters. The van der Waals surface area contributed by atoms with Crippen LogP contribution in [0.4, 0.5) is 0 Å². The monoisotopic (exact) mass is 318 g/mol. The Morgan fingerprint density at radius 3 is 2.11 bits per heavy atom. The molecule has 0 N–H and O–H groups in total. The van der Waals surface area contributed by atoms with E-state index in [1.165, 1.54) is 22.3 Å². The molecule has 2 rings (SSSR count).